The van der Waals surface area contributed by atoms with Crippen LogP contribution in [0.2, 0.25) is 0 Å². The molecular formula is C24H26N4. The first-order valence-corrected chi connectivity index (χ1v) is 9.44. The smallest absolute Gasteiger partial charge is 0.0841 e. The fourth-order valence-electron chi connectivity index (χ4n) is 3.21. The molecule has 3 rings (SSSR count). The van der Waals surface area contributed by atoms with Crippen molar-refractivity contribution >= 4 is 22.8 Å². The molecule has 0 spiro atoms. The fraction of sp³-hybridized carbons (Fsp3) is 0.250. The molecule has 2 heterocycles. The third kappa shape index (κ3) is 3.91. The van der Waals surface area contributed by atoms with E-state index >= 15 is 0 Å². The molecule has 0 radical (unpaired) electrons. The molecule has 0 unspecified atom stereocenters. The number of benzene rings is 1. The highest BCUT2D eigenvalue weighted by Crippen LogP contribution is 2.38. The summed E-state index contributed by atoms with van der Waals surface area (Å²) in [7, 11) is 0. The van der Waals surface area contributed by atoms with Crippen molar-refractivity contribution < 1.29 is 0 Å². The lowest BCUT2D eigenvalue weighted by Gasteiger charge is -2.17. The normalized spacial score (nSPS) is 12.4. The summed E-state index contributed by atoms with van der Waals surface area (Å²) >= 11 is 0. The molecule has 0 amide bonds. The zero-order chi connectivity index (χ0) is 20.3. The molecule has 1 aromatic carbocycles. The van der Waals surface area contributed by atoms with E-state index in [4.69, 9.17) is 9.98 Å². The number of aliphatic imine (C=N–C) groups is 2. The molecule has 0 saturated heterocycles. The summed E-state index contributed by atoms with van der Waals surface area (Å²) < 4.78 is 0. The van der Waals surface area contributed by atoms with Crippen molar-refractivity contribution in [3.05, 3.63) is 82.4 Å². The highest BCUT2D eigenvalue weighted by molar-refractivity contribution is 6.00. The zero-order valence-corrected chi connectivity index (χ0v) is 17.4. The van der Waals surface area contributed by atoms with Crippen molar-refractivity contribution in [3.63, 3.8) is 0 Å². The van der Waals surface area contributed by atoms with Gasteiger partial charge in [-0.2, -0.15) is 0 Å². The molecule has 3 aromatic rings. The van der Waals surface area contributed by atoms with Crippen LogP contribution >= 0.6 is 0 Å². The van der Waals surface area contributed by atoms with Gasteiger partial charge in [0.05, 0.1) is 34.2 Å². The summed E-state index contributed by atoms with van der Waals surface area (Å²) in [5, 5.41) is 0. The highest BCUT2D eigenvalue weighted by atomic mass is 14.8. The van der Waals surface area contributed by atoms with Crippen molar-refractivity contribution in [2.24, 2.45) is 9.98 Å². The molecule has 0 aliphatic carbocycles. The van der Waals surface area contributed by atoms with Gasteiger partial charge in [-0.05, 0) is 88.1 Å². The standard InChI is InChI=1S/C24H26N4/c1-15-16(2)24(28-20(6)22-12-8-10-14-26-22)18(4)17(3)23(15)27-19(5)21-11-7-9-13-25-21/h7-14H,1-6H3/b27-19+,28-20+. The third-order valence-corrected chi connectivity index (χ3v) is 5.18. The van der Waals surface area contributed by atoms with Crippen LogP contribution in [0.25, 0.3) is 0 Å². The van der Waals surface area contributed by atoms with E-state index in [1.54, 1.807) is 12.4 Å². The molecule has 0 bridgehead atoms. The Kier molecular flexibility index (Phi) is 5.78. The molecule has 2 aromatic heterocycles. The van der Waals surface area contributed by atoms with E-state index in [2.05, 4.69) is 37.7 Å². The van der Waals surface area contributed by atoms with Gasteiger partial charge in [0.2, 0.25) is 0 Å². The molecule has 0 N–H and O–H groups in total. The Labute approximate surface area is 167 Å². The summed E-state index contributed by atoms with van der Waals surface area (Å²) in [5.41, 5.74) is 10.2. The van der Waals surface area contributed by atoms with Crippen LogP contribution in [0.15, 0.2) is 58.8 Å². The van der Waals surface area contributed by atoms with Gasteiger partial charge in [0.15, 0.2) is 0 Å². The number of pyridine rings is 2. The van der Waals surface area contributed by atoms with Gasteiger partial charge in [-0.1, -0.05) is 12.1 Å². The summed E-state index contributed by atoms with van der Waals surface area (Å²) in [4.78, 5) is 18.7. The molecule has 0 aliphatic rings. The van der Waals surface area contributed by atoms with Crippen molar-refractivity contribution in [3.8, 4) is 0 Å². The molecule has 4 nitrogen and oxygen atoms in total. The second-order valence-corrected chi connectivity index (χ2v) is 7.02. The van der Waals surface area contributed by atoms with E-state index in [1.807, 2.05) is 50.2 Å². The summed E-state index contributed by atoms with van der Waals surface area (Å²) in [6, 6.07) is 11.8. The molecule has 4 heteroatoms. The quantitative estimate of drug-likeness (QED) is 0.530. The number of hydrogen-bond acceptors (Lipinski definition) is 4. The molecule has 0 fully saturated rings. The van der Waals surface area contributed by atoms with Gasteiger partial charge in [-0.25, -0.2) is 0 Å². The monoisotopic (exact) mass is 370 g/mol. The lowest BCUT2D eigenvalue weighted by molar-refractivity contribution is 1.19. The van der Waals surface area contributed by atoms with E-state index in [1.165, 1.54) is 0 Å². The number of nitrogens with zero attached hydrogens (tertiary/aromatic N) is 4. The largest absolute Gasteiger partial charge is 0.255 e. The van der Waals surface area contributed by atoms with Crippen LogP contribution in [0.3, 0.4) is 0 Å². The second kappa shape index (κ2) is 8.26. The predicted octanol–water partition coefficient (Wildman–Crippen LogP) is 5.99. The minimum absolute atomic E-state index is 0.893. The number of hydrogen-bond donors (Lipinski definition) is 0. The first-order chi connectivity index (χ1) is 13.4. The summed E-state index contributed by atoms with van der Waals surface area (Å²) in [6.07, 6.45) is 3.59. The van der Waals surface area contributed by atoms with Crippen molar-refractivity contribution in [2.75, 3.05) is 0 Å². The SMILES string of the molecule is C/C(=N\c1c(C)c(C)c(/N=C(\C)c2ccccn2)c(C)c1C)c1ccccn1. The van der Waals surface area contributed by atoms with E-state index in [-0.39, 0.29) is 0 Å². The van der Waals surface area contributed by atoms with Gasteiger partial charge in [0.1, 0.15) is 0 Å². The van der Waals surface area contributed by atoms with E-state index in [9.17, 15) is 0 Å². The summed E-state index contributed by atoms with van der Waals surface area (Å²) in [5.74, 6) is 0. The Morgan fingerprint density at radius 2 is 0.964 bits per heavy atom. The Morgan fingerprint density at radius 1 is 0.607 bits per heavy atom. The number of rotatable bonds is 4. The molecule has 0 saturated carbocycles. The lowest BCUT2D eigenvalue weighted by atomic mass is 9.96. The van der Waals surface area contributed by atoms with Crippen LogP contribution < -0.4 is 0 Å². The van der Waals surface area contributed by atoms with Crippen LogP contribution in [-0.2, 0) is 0 Å². The highest BCUT2D eigenvalue weighted by Gasteiger charge is 2.15. The van der Waals surface area contributed by atoms with Crippen molar-refractivity contribution in [1.29, 1.82) is 0 Å². The maximum absolute atomic E-state index is 4.92. The molecule has 0 atom stereocenters. The molecule has 142 valence electrons. The Hall–Kier alpha value is -3.14. The van der Waals surface area contributed by atoms with Gasteiger partial charge < -0.3 is 0 Å². The molecule has 28 heavy (non-hydrogen) atoms. The third-order valence-electron chi connectivity index (χ3n) is 5.18. The van der Waals surface area contributed by atoms with Gasteiger partial charge in [0, 0.05) is 12.4 Å². The first-order valence-electron chi connectivity index (χ1n) is 9.44. The fourth-order valence-corrected chi connectivity index (χ4v) is 3.21. The van der Waals surface area contributed by atoms with Gasteiger partial charge in [-0.15, -0.1) is 0 Å². The minimum Gasteiger partial charge on any atom is -0.255 e. The van der Waals surface area contributed by atoms with Gasteiger partial charge in [-0.3, -0.25) is 20.0 Å². The average molecular weight is 371 g/mol. The van der Waals surface area contributed by atoms with Crippen LogP contribution in [-0.4, -0.2) is 21.4 Å². The Balaban J connectivity index is 2.10. The van der Waals surface area contributed by atoms with Gasteiger partial charge in [0.25, 0.3) is 0 Å². The maximum atomic E-state index is 4.92. The maximum Gasteiger partial charge on any atom is 0.0841 e. The topological polar surface area (TPSA) is 50.5 Å². The second-order valence-electron chi connectivity index (χ2n) is 7.02. The van der Waals surface area contributed by atoms with Crippen LogP contribution in [0.4, 0.5) is 11.4 Å². The van der Waals surface area contributed by atoms with Crippen LogP contribution in [0.1, 0.15) is 47.5 Å². The van der Waals surface area contributed by atoms with Crippen LogP contribution in [0, 0.1) is 27.7 Å². The minimum atomic E-state index is 0.893. The average Bonchev–Trinajstić information content (AvgIpc) is 2.73. The predicted molar refractivity (Wildman–Crippen MR) is 118 cm³/mol. The van der Waals surface area contributed by atoms with E-state index < -0.39 is 0 Å². The van der Waals surface area contributed by atoms with Crippen molar-refractivity contribution in [2.45, 2.75) is 41.5 Å². The van der Waals surface area contributed by atoms with Crippen molar-refractivity contribution in [1.82, 2.24) is 9.97 Å². The van der Waals surface area contributed by atoms with Crippen LogP contribution in [0.5, 0.6) is 0 Å². The number of aromatic nitrogens is 2. The van der Waals surface area contributed by atoms with Gasteiger partial charge >= 0.3 is 0 Å². The Morgan fingerprint density at radius 3 is 1.25 bits per heavy atom. The zero-order valence-electron chi connectivity index (χ0n) is 17.4. The molecular weight excluding hydrogens is 344 g/mol. The van der Waals surface area contributed by atoms with E-state index in [0.717, 1.165) is 56.4 Å². The molecule has 0 aliphatic heterocycles. The first kappa shape index (κ1) is 19.6. The van der Waals surface area contributed by atoms with E-state index in [0.29, 0.717) is 0 Å². The Bertz CT molecular complexity index is 933. The summed E-state index contributed by atoms with van der Waals surface area (Å²) in [6.45, 7) is 12.5. The lowest BCUT2D eigenvalue weighted by Crippen LogP contribution is -2.01.